The molecule has 5 nitrogen and oxygen atoms in total. The Bertz CT molecular complexity index is 956. The highest BCUT2D eigenvalue weighted by atomic mass is 32.2. The average Bonchev–Trinajstić information content (AvgIpc) is 2.68. The predicted octanol–water partition coefficient (Wildman–Crippen LogP) is 3.50. The fourth-order valence-corrected chi connectivity index (χ4v) is 4.22. The highest BCUT2D eigenvalue weighted by Gasteiger charge is 2.36. The van der Waals surface area contributed by atoms with Gasteiger partial charge in [-0.3, -0.25) is 0 Å². The van der Waals surface area contributed by atoms with Crippen LogP contribution in [0.2, 0.25) is 0 Å². The number of ether oxygens (including phenoxy) is 1. The van der Waals surface area contributed by atoms with Gasteiger partial charge in [-0.25, -0.2) is 12.8 Å². The number of benzene rings is 2. The van der Waals surface area contributed by atoms with E-state index < -0.39 is 32.5 Å². The van der Waals surface area contributed by atoms with Gasteiger partial charge in [0, 0.05) is 32.4 Å². The molecule has 0 saturated carbocycles. The SMILES string of the molecule is CN(Cc1ccc(N2CCOCC2)cc1)S(=O)(=O)c1ccc(F)c(C(F)(F)F)c1. The molecule has 2 aromatic rings. The molecule has 3 rings (SSSR count). The summed E-state index contributed by atoms with van der Waals surface area (Å²) in [6.07, 6.45) is -4.98. The molecular weight excluding hydrogens is 412 g/mol. The lowest BCUT2D eigenvalue weighted by atomic mass is 10.2. The highest BCUT2D eigenvalue weighted by molar-refractivity contribution is 7.89. The maximum atomic E-state index is 13.5. The summed E-state index contributed by atoms with van der Waals surface area (Å²) < 4.78 is 83.7. The van der Waals surface area contributed by atoms with Crippen molar-refractivity contribution in [3.63, 3.8) is 0 Å². The summed E-state index contributed by atoms with van der Waals surface area (Å²) in [6.45, 7) is 2.77. The molecule has 0 aliphatic carbocycles. The fourth-order valence-electron chi connectivity index (χ4n) is 3.04. The smallest absolute Gasteiger partial charge is 0.378 e. The van der Waals surface area contributed by atoms with Crippen LogP contribution >= 0.6 is 0 Å². The second-order valence-corrected chi connectivity index (χ2v) is 8.71. The van der Waals surface area contributed by atoms with Gasteiger partial charge in [-0.15, -0.1) is 0 Å². The molecular formula is C19H20F4N2O3S. The molecule has 1 aliphatic rings. The van der Waals surface area contributed by atoms with Crippen molar-refractivity contribution < 1.29 is 30.7 Å². The first kappa shape index (κ1) is 21.5. The zero-order chi connectivity index (χ0) is 21.2. The number of morpholine rings is 1. The van der Waals surface area contributed by atoms with Crippen molar-refractivity contribution in [1.82, 2.24) is 4.31 Å². The van der Waals surface area contributed by atoms with E-state index in [4.69, 9.17) is 4.74 Å². The van der Waals surface area contributed by atoms with E-state index in [0.29, 0.717) is 30.9 Å². The molecule has 29 heavy (non-hydrogen) atoms. The monoisotopic (exact) mass is 432 g/mol. The normalized spacial score (nSPS) is 15.7. The molecule has 0 spiro atoms. The number of hydrogen-bond acceptors (Lipinski definition) is 4. The molecule has 10 heteroatoms. The summed E-state index contributed by atoms with van der Waals surface area (Å²) in [5.74, 6) is -1.52. The van der Waals surface area contributed by atoms with Gasteiger partial charge in [-0.2, -0.15) is 17.5 Å². The molecule has 0 bridgehead atoms. The van der Waals surface area contributed by atoms with Crippen LogP contribution in [0.3, 0.4) is 0 Å². The second kappa shape index (κ2) is 8.29. The number of alkyl halides is 3. The zero-order valence-electron chi connectivity index (χ0n) is 15.6. The first-order valence-corrected chi connectivity index (χ1v) is 10.3. The van der Waals surface area contributed by atoms with Crippen molar-refractivity contribution in [2.75, 3.05) is 38.3 Å². The Labute approximate surface area is 166 Å². The third-order valence-corrected chi connectivity index (χ3v) is 6.47. The van der Waals surface area contributed by atoms with E-state index in [1.54, 1.807) is 12.1 Å². The Kier molecular flexibility index (Phi) is 6.16. The zero-order valence-corrected chi connectivity index (χ0v) is 16.4. The molecule has 1 heterocycles. The first-order valence-electron chi connectivity index (χ1n) is 8.84. The van der Waals surface area contributed by atoms with E-state index in [9.17, 15) is 26.0 Å². The van der Waals surface area contributed by atoms with Gasteiger partial charge >= 0.3 is 6.18 Å². The maximum absolute atomic E-state index is 13.5. The molecule has 1 saturated heterocycles. The van der Waals surface area contributed by atoms with Crippen LogP contribution < -0.4 is 4.90 Å². The minimum atomic E-state index is -4.98. The number of hydrogen-bond donors (Lipinski definition) is 0. The van der Waals surface area contributed by atoms with Crippen molar-refractivity contribution in [3.05, 3.63) is 59.4 Å². The van der Waals surface area contributed by atoms with Crippen LogP contribution in [0.25, 0.3) is 0 Å². The second-order valence-electron chi connectivity index (χ2n) is 6.67. The lowest BCUT2D eigenvalue weighted by Gasteiger charge is -2.29. The van der Waals surface area contributed by atoms with Crippen LogP contribution in [0.5, 0.6) is 0 Å². The lowest BCUT2D eigenvalue weighted by molar-refractivity contribution is -0.140. The van der Waals surface area contributed by atoms with Crippen LogP contribution in [0.1, 0.15) is 11.1 Å². The third kappa shape index (κ3) is 4.88. The maximum Gasteiger partial charge on any atom is 0.419 e. The van der Waals surface area contributed by atoms with Gasteiger partial charge in [0.15, 0.2) is 0 Å². The van der Waals surface area contributed by atoms with Crippen LogP contribution in [0, 0.1) is 5.82 Å². The third-order valence-electron chi connectivity index (χ3n) is 4.67. The Morgan fingerprint density at radius 1 is 1.07 bits per heavy atom. The molecule has 158 valence electrons. The van der Waals surface area contributed by atoms with Crippen LogP contribution in [0.4, 0.5) is 23.2 Å². The predicted molar refractivity (Wildman–Crippen MR) is 99.5 cm³/mol. The van der Waals surface area contributed by atoms with Gasteiger partial charge in [0.25, 0.3) is 0 Å². The van der Waals surface area contributed by atoms with Crippen molar-refractivity contribution in [1.29, 1.82) is 0 Å². The number of halogens is 4. The van der Waals surface area contributed by atoms with E-state index >= 15 is 0 Å². The quantitative estimate of drug-likeness (QED) is 0.679. The average molecular weight is 432 g/mol. The van der Waals surface area contributed by atoms with E-state index in [1.165, 1.54) is 7.05 Å². The Morgan fingerprint density at radius 2 is 1.69 bits per heavy atom. The minimum absolute atomic E-state index is 0.0372. The number of rotatable bonds is 5. The Balaban J connectivity index is 1.76. The van der Waals surface area contributed by atoms with E-state index in [1.807, 2.05) is 12.1 Å². The van der Waals surface area contributed by atoms with Crippen LogP contribution in [-0.2, 0) is 27.5 Å². The molecule has 0 aromatic heterocycles. The van der Waals surface area contributed by atoms with Gasteiger partial charge in [-0.1, -0.05) is 12.1 Å². The molecule has 0 amide bonds. The molecule has 1 fully saturated rings. The van der Waals surface area contributed by atoms with Crippen molar-refractivity contribution in [2.24, 2.45) is 0 Å². The first-order chi connectivity index (χ1) is 13.6. The van der Waals surface area contributed by atoms with Crippen LogP contribution in [0.15, 0.2) is 47.4 Å². The van der Waals surface area contributed by atoms with E-state index in [2.05, 4.69) is 4.90 Å². The molecule has 1 aliphatic heterocycles. The summed E-state index contributed by atoms with van der Waals surface area (Å²) in [6, 6.07) is 8.92. The van der Waals surface area contributed by atoms with Gasteiger partial charge in [0.2, 0.25) is 10.0 Å². The molecule has 0 radical (unpaired) electrons. The van der Waals surface area contributed by atoms with E-state index in [-0.39, 0.29) is 6.54 Å². The topological polar surface area (TPSA) is 49.9 Å². The van der Waals surface area contributed by atoms with Crippen molar-refractivity contribution >= 4 is 15.7 Å². The Hall–Kier alpha value is -2.17. The van der Waals surface area contributed by atoms with E-state index in [0.717, 1.165) is 29.1 Å². The standard InChI is InChI=1S/C19H20F4N2O3S/c1-24(13-14-2-4-15(5-3-14)25-8-10-28-11-9-25)29(26,27)16-6-7-18(20)17(12-16)19(21,22)23/h2-7,12H,8-11,13H2,1H3. The van der Waals surface area contributed by atoms with Gasteiger partial charge in [0.05, 0.1) is 23.7 Å². The summed E-state index contributed by atoms with van der Waals surface area (Å²) in [4.78, 5) is 1.53. The van der Waals surface area contributed by atoms with Gasteiger partial charge < -0.3 is 9.64 Å². The molecule has 0 unspecified atom stereocenters. The summed E-state index contributed by atoms with van der Waals surface area (Å²) in [5.41, 5.74) is 0.0454. The van der Waals surface area contributed by atoms with Gasteiger partial charge in [-0.05, 0) is 35.9 Å². The lowest BCUT2D eigenvalue weighted by Crippen LogP contribution is -2.36. The van der Waals surface area contributed by atoms with Crippen molar-refractivity contribution in [2.45, 2.75) is 17.6 Å². The van der Waals surface area contributed by atoms with Crippen molar-refractivity contribution in [3.8, 4) is 0 Å². The number of sulfonamides is 1. The number of nitrogens with zero attached hydrogens (tertiary/aromatic N) is 2. The highest BCUT2D eigenvalue weighted by Crippen LogP contribution is 2.33. The van der Waals surface area contributed by atoms with Gasteiger partial charge in [0.1, 0.15) is 5.82 Å². The number of anilines is 1. The largest absolute Gasteiger partial charge is 0.419 e. The minimum Gasteiger partial charge on any atom is -0.378 e. The summed E-state index contributed by atoms with van der Waals surface area (Å²) in [5, 5.41) is 0. The summed E-state index contributed by atoms with van der Waals surface area (Å²) >= 11 is 0. The fraction of sp³-hybridized carbons (Fsp3) is 0.368. The summed E-state index contributed by atoms with van der Waals surface area (Å²) in [7, 11) is -2.96. The Morgan fingerprint density at radius 3 is 2.28 bits per heavy atom. The van der Waals surface area contributed by atoms with Crippen LogP contribution in [-0.4, -0.2) is 46.1 Å². The molecule has 2 aromatic carbocycles. The molecule has 0 atom stereocenters. The molecule has 0 N–H and O–H groups in total.